The van der Waals surface area contributed by atoms with Crippen LogP contribution in [-0.4, -0.2) is 47.2 Å². The summed E-state index contributed by atoms with van der Waals surface area (Å²) >= 11 is 0. The summed E-state index contributed by atoms with van der Waals surface area (Å²) < 4.78 is 5.58. The van der Waals surface area contributed by atoms with Crippen LogP contribution in [0.3, 0.4) is 0 Å². The van der Waals surface area contributed by atoms with Crippen LogP contribution in [0.15, 0.2) is 24.3 Å². The number of rotatable bonds is 14. The molecule has 5 nitrogen and oxygen atoms in total. The van der Waals surface area contributed by atoms with Crippen molar-refractivity contribution in [3.63, 3.8) is 0 Å². The second-order valence-corrected chi connectivity index (χ2v) is 7.17. The summed E-state index contributed by atoms with van der Waals surface area (Å²) in [5, 5.41) is 27.8. The Kier molecular flexibility index (Phi) is 12.3. The highest BCUT2D eigenvalue weighted by atomic mass is 16.5. The van der Waals surface area contributed by atoms with Crippen molar-refractivity contribution in [3.8, 4) is 0 Å². The zero-order valence-electron chi connectivity index (χ0n) is 16.1. The molecular weight excluding hydrogens is 332 g/mol. The average Bonchev–Trinajstić information content (AvgIpc) is 2.92. The van der Waals surface area contributed by atoms with Crippen LogP contribution in [0.25, 0.3) is 0 Å². The smallest absolute Gasteiger partial charge is 0.303 e. The first kappa shape index (κ1) is 22.9. The summed E-state index contributed by atoms with van der Waals surface area (Å²) in [6.07, 6.45) is 16.5. The molecule has 0 heterocycles. The molecule has 0 aromatic rings. The van der Waals surface area contributed by atoms with Crippen molar-refractivity contribution in [2.75, 3.05) is 13.7 Å². The number of allylic oxidation sites excluding steroid dienone is 3. The zero-order valence-corrected chi connectivity index (χ0v) is 16.1. The van der Waals surface area contributed by atoms with Gasteiger partial charge in [-0.1, -0.05) is 37.1 Å². The lowest BCUT2D eigenvalue weighted by Crippen LogP contribution is -2.21. The van der Waals surface area contributed by atoms with Crippen LogP contribution in [0.2, 0.25) is 0 Å². The first-order chi connectivity index (χ1) is 12.6. The number of carbonyl (C=O) groups is 1. The number of unbranched alkanes of at least 4 members (excludes halogenated alkanes) is 5. The van der Waals surface area contributed by atoms with Gasteiger partial charge in [-0.3, -0.25) is 4.79 Å². The average molecular weight is 369 g/mol. The van der Waals surface area contributed by atoms with Crippen molar-refractivity contribution in [2.45, 2.75) is 76.4 Å². The number of carboxylic acids is 1. The molecule has 1 aliphatic rings. The molecule has 0 aromatic carbocycles. The van der Waals surface area contributed by atoms with Gasteiger partial charge in [-0.25, -0.2) is 0 Å². The van der Waals surface area contributed by atoms with Crippen molar-refractivity contribution >= 4 is 5.97 Å². The van der Waals surface area contributed by atoms with Gasteiger partial charge in [0.05, 0.1) is 12.2 Å². The lowest BCUT2D eigenvalue weighted by molar-refractivity contribution is -0.137. The third kappa shape index (κ3) is 8.97. The fraction of sp³-hybridized carbons (Fsp3) is 0.762. The Morgan fingerprint density at radius 3 is 2.50 bits per heavy atom. The third-order valence-electron chi connectivity index (χ3n) is 5.17. The van der Waals surface area contributed by atoms with E-state index in [9.17, 15) is 9.90 Å². The Balaban J connectivity index is 2.42. The van der Waals surface area contributed by atoms with Gasteiger partial charge in [-0.05, 0) is 44.4 Å². The van der Waals surface area contributed by atoms with E-state index in [1.165, 1.54) is 0 Å². The lowest BCUT2D eigenvalue weighted by atomic mass is 9.89. The van der Waals surface area contributed by atoms with E-state index in [0.29, 0.717) is 12.8 Å². The quantitative estimate of drug-likeness (QED) is 0.321. The van der Waals surface area contributed by atoms with E-state index in [-0.39, 0.29) is 37.1 Å². The number of ether oxygens (including phenoxy) is 1. The van der Waals surface area contributed by atoms with Gasteiger partial charge in [-0.2, -0.15) is 0 Å². The van der Waals surface area contributed by atoms with Crippen molar-refractivity contribution in [2.24, 2.45) is 11.8 Å². The van der Waals surface area contributed by atoms with Crippen LogP contribution in [-0.2, 0) is 9.53 Å². The molecule has 26 heavy (non-hydrogen) atoms. The normalized spacial score (nSPS) is 26.3. The largest absolute Gasteiger partial charge is 0.481 e. The molecule has 1 unspecified atom stereocenters. The van der Waals surface area contributed by atoms with E-state index < -0.39 is 5.97 Å². The monoisotopic (exact) mass is 368 g/mol. The number of aliphatic hydroxyl groups is 2. The zero-order chi connectivity index (χ0) is 19.2. The first-order valence-electron chi connectivity index (χ1n) is 9.95. The maximum absolute atomic E-state index is 10.5. The van der Waals surface area contributed by atoms with Gasteiger partial charge in [0.15, 0.2) is 0 Å². The third-order valence-corrected chi connectivity index (χ3v) is 5.17. The number of carboxylic acid groups (broad SMARTS) is 1. The maximum Gasteiger partial charge on any atom is 0.303 e. The second-order valence-electron chi connectivity index (χ2n) is 7.17. The highest BCUT2D eigenvalue weighted by molar-refractivity contribution is 5.66. The molecule has 1 saturated carbocycles. The Labute approximate surface area is 157 Å². The molecule has 150 valence electrons. The fourth-order valence-corrected chi connectivity index (χ4v) is 3.68. The van der Waals surface area contributed by atoms with Crippen LogP contribution in [0.1, 0.15) is 64.2 Å². The summed E-state index contributed by atoms with van der Waals surface area (Å²) in [5.74, 6) is -0.379. The number of aliphatic hydroxyl groups excluding tert-OH is 2. The van der Waals surface area contributed by atoms with E-state index >= 15 is 0 Å². The van der Waals surface area contributed by atoms with E-state index in [1.54, 1.807) is 7.11 Å². The number of methoxy groups -OCH3 is 1. The summed E-state index contributed by atoms with van der Waals surface area (Å²) in [4.78, 5) is 10.5. The molecule has 5 heteroatoms. The summed E-state index contributed by atoms with van der Waals surface area (Å²) in [6, 6.07) is 0. The van der Waals surface area contributed by atoms with Crippen LogP contribution in [0.4, 0.5) is 0 Å². The SMILES string of the molecule is CO[C@H]1C[C@@H](O)[C@H](/C=C/CCCCCCO)C1C/C=C\CCCC(=O)O. The predicted molar refractivity (Wildman–Crippen MR) is 103 cm³/mol. The number of hydrogen-bond donors (Lipinski definition) is 3. The molecule has 0 aliphatic heterocycles. The minimum Gasteiger partial charge on any atom is -0.481 e. The highest BCUT2D eigenvalue weighted by Crippen LogP contribution is 2.38. The predicted octanol–water partition coefficient (Wildman–Crippen LogP) is 3.70. The van der Waals surface area contributed by atoms with Crippen molar-refractivity contribution in [1.82, 2.24) is 0 Å². The maximum atomic E-state index is 10.5. The topological polar surface area (TPSA) is 87.0 Å². The van der Waals surface area contributed by atoms with Gasteiger partial charge in [-0.15, -0.1) is 0 Å². The van der Waals surface area contributed by atoms with Gasteiger partial charge >= 0.3 is 5.97 Å². The molecule has 0 spiro atoms. The molecule has 0 bridgehead atoms. The van der Waals surface area contributed by atoms with Crippen LogP contribution < -0.4 is 0 Å². The van der Waals surface area contributed by atoms with Gasteiger partial charge in [0, 0.05) is 32.5 Å². The van der Waals surface area contributed by atoms with E-state index in [2.05, 4.69) is 18.2 Å². The van der Waals surface area contributed by atoms with Crippen LogP contribution in [0, 0.1) is 11.8 Å². The van der Waals surface area contributed by atoms with Crippen molar-refractivity contribution in [3.05, 3.63) is 24.3 Å². The van der Waals surface area contributed by atoms with Gasteiger partial charge in [0.2, 0.25) is 0 Å². The van der Waals surface area contributed by atoms with Gasteiger partial charge in [0.1, 0.15) is 0 Å². The molecule has 0 radical (unpaired) electrons. The first-order valence-corrected chi connectivity index (χ1v) is 9.95. The minimum atomic E-state index is -0.752. The van der Waals surface area contributed by atoms with Gasteiger partial charge < -0.3 is 20.1 Å². The molecule has 0 amide bonds. The molecule has 3 N–H and O–H groups in total. The lowest BCUT2D eigenvalue weighted by Gasteiger charge is -2.21. The number of hydrogen-bond acceptors (Lipinski definition) is 4. The Morgan fingerprint density at radius 2 is 1.81 bits per heavy atom. The molecule has 0 aromatic heterocycles. The molecule has 1 fully saturated rings. The summed E-state index contributed by atoms with van der Waals surface area (Å²) in [5.41, 5.74) is 0. The van der Waals surface area contributed by atoms with E-state index in [4.69, 9.17) is 14.9 Å². The van der Waals surface area contributed by atoms with Crippen LogP contribution >= 0.6 is 0 Å². The molecule has 0 saturated heterocycles. The molecule has 1 aliphatic carbocycles. The Bertz CT molecular complexity index is 432. The standard InChI is InChI=1S/C21H36O5/c1-26-20-16-19(23)17(12-8-4-2-3-7-11-15-22)18(20)13-9-5-6-10-14-21(24)25/h5,8-9,12,17-20,22-23H,2-4,6-7,10-11,13-16H2,1H3,(H,24,25)/b9-5-,12-8+/t17-,18?,19-,20+/m1/s1. The van der Waals surface area contributed by atoms with Crippen molar-refractivity contribution < 1.29 is 24.9 Å². The fourth-order valence-electron chi connectivity index (χ4n) is 3.68. The summed E-state index contributed by atoms with van der Waals surface area (Å²) in [7, 11) is 1.70. The van der Waals surface area contributed by atoms with E-state index in [1.807, 2.05) is 6.08 Å². The minimum absolute atomic E-state index is 0.0628. The van der Waals surface area contributed by atoms with Crippen molar-refractivity contribution in [1.29, 1.82) is 0 Å². The second kappa shape index (κ2) is 14.0. The Morgan fingerprint density at radius 1 is 1.08 bits per heavy atom. The van der Waals surface area contributed by atoms with Crippen LogP contribution in [0.5, 0.6) is 0 Å². The van der Waals surface area contributed by atoms with E-state index in [0.717, 1.165) is 44.9 Å². The molecule has 4 atom stereocenters. The summed E-state index contributed by atoms with van der Waals surface area (Å²) in [6.45, 7) is 0.272. The number of aliphatic carboxylic acids is 1. The molecular formula is C21H36O5. The highest BCUT2D eigenvalue weighted by Gasteiger charge is 2.40. The Hall–Kier alpha value is -1.17. The van der Waals surface area contributed by atoms with Gasteiger partial charge in [0.25, 0.3) is 0 Å². The molecule has 1 rings (SSSR count).